The van der Waals surface area contributed by atoms with Crippen molar-refractivity contribution in [1.29, 1.82) is 0 Å². The summed E-state index contributed by atoms with van der Waals surface area (Å²) in [6.07, 6.45) is -1.97. The fraction of sp³-hybridized carbons (Fsp3) is 0.400. The molecule has 0 aliphatic carbocycles. The molecule has 1 aromatic carbocycles. The molecule has 4 aromatic rings. The van der Waals surface area contributed by atoms with E-state index in [-0.39, 0.29) is 41.7 Å². The second-order valence-corrected chi connectivity index (χ2v) is 10.3. The minimum Gasteiger partial charge on any atom is -0.497 e. The number of benzene rings is 1. The van der Waals surface area contributed by atoms with E-state index in [0.29, 0.717) is 41.4 Å². The van der Waals surface area contributed by atoms with E-state index in [2.05, 4.69) is 20.0 Å². The minimum atomic E-state index is -4.75. The van der Waals surface area contributed by atoms with Gasteiger partial charge in [-0.2, -0.15) is 18.3 Å². The van der Waals surface area contributed by atoms with Crippen LogP contribution in [0, 0.1) is 6.92 Å². The van der Waals surface area contributed by atoms with Gasteiger partial charge >= 0.3 is 6.18 Å². The van der Waals surface area contributed by atoms with Gasteiger partial charge < -0.3 is 19.5 Å². The second kappa shape index (κ2) is 12.2. The number of methoxy groups -OCH3 is 1. The first-order chi connectivity index (χ1) is 20.6. The molecule has 0 spiro atoms. The summed E-state index contributed by atoms with van der Waals surface area (Å²) < 4.78 is 54.6. The molecule has 10 nitrogen and oxygen atoms in total. The van der Waals surface area contributed by atoms with E-state index in [1.54, 1.807) is 41.4 Å². The lowest BCUT2D eigenvalue weighted by Crippen LogP contribution is -2.55. The van der Waals surface area contributed by atoms with Crippen molar-refractivity contribution >= 4 is 11.6 Å². The predicted molar refractivity (Wildman–Crippen MR) is 152 cm³/mol. The summed E-state index contributed by atoms with van der Waals surface area (Å²) in [5.74, 6) is 0.522. The van der Waals surface area contributed by atoms with Gasteiger partial charge in [0, 0.05) is 48.6 Å². The van der Waals surface area contributed by atoms with Crippen molar-refractivity contribution in [3.05, 3.63) is 71.2 Å². The molecule has 1 N–H and O–H groups in total. The largest absolute Gasteiger partial charge is 0.497 e. The van der Waals surface area contributed by atoms with Crippen molar-refractivity contribution in [1.82, 2.24) is 29.4 Å². The number of carbonyl (C=O) groups is 1. The lowest BCUT2D eigenvalue weighted by Gasteiger charge is -2.43. The molecule has 5 rings (SSSR count). The minimum absolute atomic E-state index is 0.0230. The first kappa shape index (κ1) is 30.2. The van der Waals surface area contributed by atoms with Crippen LogP contribution in [0.4, 0.5) is 13.2 Å². The number of alkyl halides is 3. The van der Waals surface area contributed by atoms with Gasteiger partial charge in [-0.25, -0.2) is 14.5 Å². The zero-order valence-corrected chi connectivity index (χ0v) is 24.3. The summed E-state index contributed by atoms with van der Waals surface area (Å²) in [5, 5.41) is 14.3. The Morgan fingerprint density at radius 2 is 1.93 bits per heavy atom. The van der Waals surface area contributed by atoms with Gasteiger partial charge in [0.1, 0.15) is 11.3 Å². The molecule has 1 aliphatic rings. The highest BCUT2D eigenvalue weighted by Gasteiger charge is 2.40. The van der Waals surface area contributed by atoms with E-state index in [0.717, 1.165) is 11.8 Å². The molecule has 1 aliphatic heterocycles. The molecular weight excluding hydrogens is 565 g/mol. The summed E-state index contributed by atoms with van der Waals surface area (Å²) in [4.78, 5) is 26.4. The Morgan fingerprint density at radius 3 is 2.56 bits per heavy atom. The fourth-order valence-corrected chi connectivity index (χ4v) is 5.64. The maximum atomic E-state index is 14.3. The van der Waals surface area contributed by atoms with Crippen molar-refractivity contribution in [3.63, 3.8) is 0 Å². The number of halogens is 3. The molecule has 0 bridgehead atoms. The number of piperazine rings is 1. The molecular formula is C30H33F3N6O4. The van der Waals surface area contributed by atoms with Crippen LogP contribution < -0.4 is 9.47 Å². The Balaban J connectivity index is 1.47. The molecule has 3 aromatic heterocycles. The number of hydrogen-bond donors (Lipinski definition) is 1. The molecule has 13 heteroatoms. The number of aliphatic hydroxyl groups excluding tert-OH is 1. The molecule has 2 atom stereocenters. The molecule has 228 valence electrons. The summed E-state index contributed by atoms with van der Waals surface area (Å²) in [7, 11) is 1.50. The fourth-order valence-electron chi connectivity index (χ4n) is 5.64. The van der Waals surface area contributed by atoms with Gasteiger partial charge in [0.2, 0.25) is 5.88 Å². The van der Waals surface area contributed by atoms with Crippen LogP contribution in [0.2, 0.25) is 0 Å². The highest BCUT2D eigenvalue weighted by atomic mass is 19.4. The van der Waals surface area contributed by atoms with Gasteiger partial charge in [0.15, 0.2) is 11.3 Å². The SMILES string of the molecule is CCOc1ncccc1C(CO)N1CCN(C(=O)c2cnn3c(C(F)(F)F)c(C)c(-c4ccc(OC)cc4)nc23)[C@H](C)C1. The normalized spacial score (nSPS) is 16.8. The highest BCUT2D eigenvalue weighted by molar-refractivity contribution is 6.00. The third-order valence-corrected chi connectivity index (χ3v) is 7.72. The number of pyridine rings is 1. The third-order valence-electron chi connectivity index (χ3n) is 7.72. The zero-order chi connectivity index (χ0) is 30.9. The van der Waals surface area contributed by atoms with Crippen molar-refractivity contribution in [2.24, 2.45) is 0 Å². The molecule has 1 saturated heterocycles. The Morgan fingerprint density at radius 1 is 1.19 bits per heavy atom. The van der Waals surface area contributed by atoms with E-state index < -0.39 is 23.8 Å². The summed E-state index contributed by atoms with van der Waals surface area (Å²) in [6.45, 7) is 6.40. The average Bonchev–Trinajstić information content (AvgIpc) is 3.40. The van der Waals surface area contributed by atoms with Crippen molar-refractivity contribution in [3.8, 4) is 22.9 Å². The number of carbonyl (C=O) groups excluding carboxylic acids is 1. The number of amides is 1. The zero-order valence-electron chi connectivity index (χ0n) is 24.3. The van der Waals surface area contributed by atoms with Crippen LogP contribution >= 0.6 is 0 Å². The topological polar surface area (TPSA) is 105 Å². The number of nitrogens with zero attached hydrogens (tertiary/aromatic N) is 6. The molecule has 4 heterocycles. The second-order valence-electron chi connectivity index (χ2n) is 10.3. The van der Waals surface area contributed by atoms with Gasteiger partial charge in [-0.3, -0.25) is 9.69 Å². The first-order valence-electron chi connectivity index (χ1n) is 13.9. The van der Waals surface area contributed by atoms with E-state index in [9.17, 15) is 23.1 Å². The third kappa shape index (κ3) is 5.74. The highest BCUT2D eigenvalue weighted by Crippen LogP contribution is 2.37. The van der Waals surface area contributed by atoms with Crippen molar-refractivity contribution in [2.45, 2.75) is 39.0 Å². The standard InChI is InChI=1S/C30H33F3N6O4/c1-5-43-28-22(7-6-12-34-28)24(17-40)37-13-14-38(18(2)16-37)29(41)23-15-35-39-26(30(31,32)33)19(3)25(36-27(23)39)20-8-10-21(42-4)11-9-20/h6-12,15,18,24,40H,5,13-14,16-17H2,1-4H3/t18-,24?/m1/s1. The predicted octanol–water partition coefficient (Wildman–Crippen LogP) is 4.41. The number of ether oxygens (including phenoxy) is 2. The lowest BCUT2D eigenvalue weighted by molar-refractivity contribution is -0.143. The number of rotatable bonds is 8. The van der Waals surface area contributed by atoms with Crippen LogP contribution in [0.1, 0.15) is 47.1 Å². The molecule has 0 saturated carbocycles. The van der Waals surface area contributed by atoms with Crippen LogP contribution in [0.3, 0.4) is 0 Å². The molecule has 1 fully saturated rings. The van der Waals surface area contributed by atoms with Gasteiger partial charge in [0.25, 0.3) is 5.91 Å². The monoisotopic (exact) mass is 598 g/mol. The number of aliphatic hydroxyl groups is 1. The van der Waals surface area contributed by atoms with Crippen LogP contribution in [0.25, 0.3) is 16.9 Å². The van der Waals surface area contributed by atoms with Crippen LogP contribution in [-0.2, 0) is 6.18 Å². The van der Waals surface area contributed by atoms with Gasteiger partial charge in [-0.1, -0.05) is 6.07 Å². The van der Waals surface area contributed by atoms with Crippen molar-refractivity contribution < 1.29 is 32.5 Å². The summed E-state index contributed by atoms with van der Waals surface area (Å²) in [5.41, 5.74) is -0.00373. The smallest absolute Gasteiger partial charge is 0.433 e. The van der Waals surface area contributed by atoms with Crippen molar-refractivity contribution in [2.75, 3.05) is 40.0 Å². The lowest BCUT2D eigenvalue weighted by atomic mass is 10.0. The molecule has 1 unspecified atom stereocenters. The van der Waals surface area contributed by atoms with E-state index in [1.165, 1.54) is 14.0 Å². The van der Waals surface area contributed by atoms with Crippen LogP contribution in [-0.4, -0.2) is 86.4 Å². The Labute approximate surface area is 246 Å². The number of aromatic nitrogens is 4. The summed E-state index contributed by atoms with van der Waals surface area (Å²) in [6, 6.07) is 9.43. The summed E-state index contributed by atoms with van der Waals surface area (Å²) >= 11 is 0. The Hall–Kier alpha value is -4.23. The van der Waals surface area contributed by atoms with Crippen LogP contribution in [0.5, 0.6) is 11.6 Å². The molecule has 43 heavy (non-hydrogen) atoms. The quantitative estimate of drug-likeness (QED) is 0.318. The number of hydrogen-bond acceptors (Lipinski definition) is 8. The maximum absolute atomic E-state index is 14.3. The van der Waals surface area contributed by atoms with Gasteiger partial charge in [-0.15, -0.1) is 0 Å². The molecule has 0 radical (unpaired) electrons. The molecule has 1 amide bonds. The van der Waals surface area contributed by atoms with Gasteiger partial charge in [0.05, 0.1) is 38.3 Å². The first-order valence-corrected chi connectivity index (χ1v) is 13.9. The Bertz CT molecular complexity index is 1610. The average molecular weight is 599 g/mol. The van der Waals surface area contributed by atoms with Gasteiger partial charge in [-0.05, 0) is 51.1 Å². The number of fused-ring (bicyclic) bond motifs is 1. The van der Waals surface area contributed by atoms with E-state index in [1.807, 2.05) is 19.9 Å². The maximum Gasteiger partial charge on any atom is 0.433 e. The van der Waals surface area contributed by atoms with E-state index >= 15 is 0 Å². The Kier molecular flexibility index (Phi) is 8.56. The van der Waals surface area contributed by atoms with Crippen LogP contribution in [0.15, 0.2) is 48.8 Å². The van der Waals surface area contributed by atoms with E-state index in [4.69, 9.17) is 9.47 Å².